The van der Waals surface area contributed by atoms with Gasteiger partial charge in [-0.15, -0.1) is 0 Å². The number of benzene rings is 2. The fourth-order valence-corrected chi connectivity index (χ4v) is 2.77. The predicted octanol–water partition coefficient (Wildman–Crippen LogP) is 4.64. The molecule has 0 heteroatoms. The minimum atomic E-state index is 1.12. The first-order valence-electron chi connectivity index (χ1n) is 6.05. The van der Waals surface area contributed by atoms with Crippen molar-refractivity contribution in [2.75, 3.05) is 0 Å². The van der Waals surface area contributed by atoms with Crippen LogP contribution in [0.2, 0.25) is 0 Å². The molecule has 0 radical (unpaired) electrons. The number of hydrogen-bond acceptors (Lipinski definition) is 0. The van der Waals surface area contributed by atoms with E-state index in [0.29, 0.717) is 0 Å². The molecule has 0 amide bonds. The van der Waals surface area contributed by atoms with Crippen molar-refractivity contribution >= 4 is 10.8 Å². The third-order valence-electron chi connectivity index (χ3n) is 3.90. The summed E-state index contributed by atoms with van der Waals surface area (Å²) in [4.78, 5) is 0. The average Bonchev–Trinajstić information content (AvgIpc) is 2.27. The summed E-state index contributed by atoms with van der Waals surface area (Å²) < 4.78 is 0. The molecule has 0 aliphatic carbocycles. The Balaban J connectivity index is 3.04. The van der Waals surface area contributed by atoms with Gasteiger partial charge in [-0.1, -0.05) is 25.1 Å². The lowest BCUT2D eigenvalue weighted by molar-refractivity contribution is 1.11. The molecule has 2 aromatic carbocycles. The van der Waals surface area contributed by atoms with E-state index in [1.807, 2.05) is 0 Å². The highest BCUT2D eigenvalue weighted by atomic mass is 14.2. The van der Waals surface area contributed by atoms with Crippen LogP contribution in [0.3, 0.4) is 0 Å². The van der Waals surface area contributed by atoms with Gasteiger partial charge in [0.1, 0.15) is 0 Å². The zero-order valence-electron chi connectivity index (χ0n) is 10.9. The van der Waals surface area contributed by atoms with E-state index in [9.17, 15) is 0 Å². The maximum atomic E-state index is 2.26. The Hall–Kier alpha value is -1.30. The van der Waals surface area contributed by atoms with Gasteiger partial charge in [-0.3, -0.25) is 0 Å². The van der Waals surface area contributed by atoms with Crippen molar-refractivity contribution in [3.05, 3.63) is 46.0 Å². The standard InChI is InChI=1S/C16H20/c1-6-14-12(4)11(3)13(5)16-10(2)8-7-9-15(14)16/h7-9H,6H2,1-5H3. The van der Waals surface area contributed by atoms with E-state index in [1.165, 1.54) is 38.6 Å². The lowest BCUT2D eigenvalue weighted by Gasteiger charge is -2.17. The summed E-state index contributed by atoms with van der Waals surface area (Å²) in [7, 11) is 0. The maximum Gasteiger partial charge on any atom is -0.0120 e. The van der Waals surface area contributed by atoms with E-state index >= 15 is 0 Å². The van der Waals surface area contributed by atoms with Gasteiger partial charge in [-0.2, -0.15) is 0 Å². The lowest BCUT2D eigenvalue weighted by Crippen LogP contribution is -1.98. The number of hydrogen-bond donors (Lipinski definition) is 0. The summed E-state index contributed by atoms with van der Waals surface area (Å²) in [6.07, 6.45) is 1.12. The molecule has 0 atom stereocenters. The van der Waals surface area contributed by atoms with Crippen molar-refractivity contribution in [3.8, 4) is 0 Å². The van der Waals surface area contributed by atoms with Crippen LogP contribution in [-0.4, -0.2) is 0 Å². The summed E-state index contributed by atoms with van der Waals surface area (Å²) in [5, 5.41) is 2.91. The Morgan fingerprint density at radius 2 is 1.56 bits per heavy atom. The van der Waals surface area contributed by atoms with Crippen LogP contribution in [0.4, 0.5) is 0 Å². The summed E-state index contributed by atoms with van der Waals surface area (Å²) in [5.74, 6) is 0. The van der Waals surface area contributed by atoms with Crippen molar-refractivity contribution in [1.82, 2.24) is 0 Å². The molecule has 0 bridgehead atoms. The third-order valence-corrected chi connectivity index (χ3v) is 3.90. The molecule has 0 spiro atoms. The molecule has 0 fully saturated rings. The SMILES string of the molecule is CCc1c(C)c(C)c(C)c2c(C)cccc12. The number of fused-ring (bicyclic) bond motifs is 1. The fraction of sp³-hybridized carbons (Fsp3) is 0.375. The Morgan fingerprint density at radius 3 is 2.19 bits per heavy atom. The fourth-order valence-electron chi connectivity index (χ4n) is 2.77. The largest absolute Gasteiger partial charge is 0.0614 e. The van der Waals surface area contributed by atoms with Crippen LogP contribution >= 0.6 is 0 Å². The van der Waals surface area contributed by atoms with E-state index in [0.717, 1.165) is 6.42 Å². The van der Waals surface area contributed by atoms with Gasteiger partial charge in [0.25, 0.3) is 0 Å². The molecule has 2 aromatic rings. The summed E-state index contributed by atoms with van der Waals surface area (Å²) in [6.45, 7) is 11.2. The normalized spacial score (nSPS) is 11.1. The van der Waals surface area contributed by atoms with Gasteiger partial charge in [0.05, 0.1) is 0 Å². The Morgan fingerprint density at radius 1 is 0.875 bits per heavy atom. The molecule has 16 heavy (non-hydrogen) atoms. The third kappa shape index (κ3) is 1.44. The van der Waals surface area contributed by atoms with Gasteiger partial charge in [-0.05, 0) is 72.7 Å². The van der Waals surface area contributed by atoms with Crippen molar-refractivity contribution in [3.63, 3.8) is 0 Å². The molecule has 0 saturated carbocycles. The van der Waals surface area contributed by atoms with E-state index in [2.05, 4.69) is 52.8 Å². The first kappa shape index (κ1) is 11.2. The molecular formula is C16H20. The molecule has 0 nitrogen and oxygen atoms in total. The second kappa shape index (κ2) is 3.93. The number of aryl methyl sites for hydroxylation is 3. The second-order valence-corrected chi connectivity index (χ2v) is 4.70. The Bertz CT molecular complexity index is 548. The zero-order valence-corrected chi connectivity index (χ0v) is 10.9. The molecular weight excluding hydrogens is 192 g/mol. The van der Waals surface area contributed by atoms with Gasteiger partial charge < -0.3 is 0 Å². The molecule has 0 aliphatic heterocycles. The topological polar surface area (TPSA) is 0 Å². The van der Waals surface area contributed by atoms with Crippen LogP contribution in [0, 0.1) is 27.7 Å². The van der Waals surface area contributed by atoms with E-state index in [4.69, 9.17) is 0 Å². The zero-order chi connectivity index (χ0) is 11.9. The minimum Gasteiger partial charge on any atom is -0.0614 e. The van der Waals surface area contributed by atoms with Crippen LogP contribution in [-0.2, 0) is 6.42 Å². The van der Waals surface area contributed by atoms with E-state index in [1.54, 1.807) is 0 Å². The summed E-state index contributed by atoms with van der Waals surface area (Å²) >= 11 is 0. The van der Waals surface area contributed by atoms with Gasteiger partial charge in [0.15, 0.2) is 0 Å². The van der Waals surface area contributed by atoms with Crippen molar-refractivity contribution in [2.24, 2.45) is 0 Å². The quantitative estimate of drug-likeness (QED) is 0.646. The second-order valence-electron chi connectivity index (χ2n) is 4.70. The monoisotopic (exact) mass is 212 g/mol. The average molecular weight is 212 g/mol. The van der Waals surface area contributed by atoms with Crippen LogP contribution in [0.5, 0.6) is 0 Å². The highest BCUT2D eigenvalue weighted by Gasteiger charge is 2.11. The van der Waals surface area contributed by atoms with E-state index < -0.39 is 0 Å². The summed E-state index contributed by atoms with van der Waals surface area (Å²) in [5.41, 5.74) is 7.29. The molecule has 2 rings (SSSR count). The molecule has 0 aliphatic rings. The van der Waals surface area contributed by atoms with Gasteiger partial charge >= 0.3 is 0 Å². The van der Waals surface area contributed by atoms with Crippen molar-refractivity contribution in [1.29, 1.82) is 0 Å². The molecule has 0 aromatic heterocycles. The smallest absolute Gasteiger partial charge is 0.0120 e. The van der Waals surface area contributed by atoms with Crippen molar-refractivity contribution in [2.45, 2.75) is 41.0 Å². The minimum absolute atomic E-state index is 1.12. The predicted molar refractivity (Wildman–Crippen MR) is 72.3 cm³/mol. The molecule has 0 saturated heterocycles. The maximum absolute atomic E-state index is 2.26. The van der Waals surface area contributed by atoms with Gasteiger partial charge in [0.2, 0.25) is 0 Å². The highest BCUT2D eigenvalue weighted by Crippen LogP contribution is 2.31. The first-order valence-corrected chi connectivity index (χ1v) is 6.05. The first-order chi connectivity index (χ1) is 7.57. The molecule has 0 N–H and O–H groups in total. The van der Waals surface area contributed by atoms with Crippen LogP contribution < -0.4 is 0 Å². The molecule has 84 valence electrons. The van der Waals surface area contributed by atoms with Crippen molar-refractivity contribution < 1.29 is 0 Å². The van der Waals surface area contributed by atoms with Crippen LogP contribution in [0.1, 0.15) is 34.7 Å². The highest BCUT2D eigenvalue weighted by molar-refractivity contribution is 5.93. The van der Waals surface area contributed by atoms with E-state index in [-0.39, 0.29) is 0 Å². The molecule has 0 unspecified atom stereocenters. The Labute approximate surface area is 98.3 Å². The van der Waals surface area contributed by atoms with Gasteiger partial charge in [0, 0.05) is 0 Å². The van der Waals surface area contributed by atoms with Gasteiger partial charge in [-0.25, -0.2) is 0 Å². The van der Waals surface area contributed by atoms with Crippen LogP contribution in [0.25, 0.3) is 10.8 Å². The summed E-state index contributed by atoms with van der Waals surface area (Å²) in [6, 6.07) is 6.65. The Kier molecular flexibility index (Phi) is 2.75. The lowest BCUT2D eigenvalue weighted by atomic mass is 9.88. The van der Waals surface area contributed by atoms with Crippen LogP contribution in [0.15, 0.2) is 18.2 Å². The molecule has 0 heterocycles. The number of rotatable bonds is 1.